The quantitative estimate of drug-likeness (QED) is 0.876. The molecule has 1 aromatic rings. The Hall–Kier alpha value is -1.82. The minimum absolute atomic E-state index is 0.183. The molecule has 0 fully saturated rings. The summed E-state index contributed by atoms with van der Waals surface area (Å²) in [7, 11) is 0. The smallest absolute Gasteiger partial charge is 0.329 e. The summed E-state index contributed by atoms with van der Waals surface area (Å²) in [6, 6.07) is 8.23. The standard InChI is InChI=1S/C13H13NO4S/c15-12(16)10-7-19-11(13(17)18)6-9(14-10)8-4-2-1-3-5-8/h1-5,10-11H,6-7H2,(H,15,16)(H,17,18)/t10-,11+/m1/s1. The van der Waals surface area contributed by atoms with Crippen LogP contribution in [0.2, 0.25) is 0 Å². The van der Waals surface area contributed by atoms with Crippen molar-refractivity contribution in [3.63, 3.8) is 0 Å². The number of hydrogen-bond acceptors (Lipinski definition) is 4. The van der Waals surface area contributed by atoms with E-state index >= 15 is 0 Å². The first-order valence-electron chi connectivity index (χ1n) is 5.77. The van der Waals surface area contributed by atoms with Gasteiger partial charge >= 0.3 is 11.9 Å². The summed E-state index contributed by atoms with van der Waals surface area (Å²) in [5, 5.41) is 17.6. The fraction of sp³-hybridized carbons (Fsp3) is 0.308. The van der Waals surface area contributed by atoms with Gasteiger partial charge in [-0.1, -0.05) is 30.3 Å². The second-order valence-electron chi connectivity index (χ2n) is 4.16. The van der Waals surface area contributed by atoms with Crippen LogP contribution in [0.5, 0.6) is 0 Å². The maximum Gasteiger partial charge on any atom is 0.329 e. The Morgan fingerprint density at radius 1 is 1.16 bits per heavy atom. The van der Waals surface area contributed by atoms with Crippen molar-refractivity contribution >= 4 is 29.4 Å². The van der Waals surface area contributed by atoms with Crippen LogP contribution in [0, 0.1) is 0 Å². The first-order valence-corrected chi connectivity index (χ1v) is 6.82. The second-order valence-corrected chi connectivity index (χ2v) is 5.40. The number of thioether (sulfide) groups is 1. The highest BCUT2D eigenvalue weighted by Gasteiger charge is 2.29. The van der Waals surface area contributed by atoms with E-state index in [1.54, 1.807) is 0 Å². The summed E-state index contributed by atoms with van der Waals surface area (Å²) in [6.07, 6.45) is 0.244. The van der Waals surface area contributed by atoms with E-state index < -0.39 is 23.2 Å². The van der Waals surface area contributed by atoms with Crippen LogP contribution in [-0.2, 0) is 9.59 Å². The van der Waals surface area contributed by atoms with Gasteiger partial charge in [-0.3, -0.25) is 9.79 Å². The molecule has 0 radical (unpaired) electrons. The maximum atomic E-state index is 11.1. The van der Waals surface area contributed by atoms with Crippen molar-refractivity contribution in [3.8, 4) is 0 Å². The van der Waals surface area contributed by atoms with E-state index in [4.69, 9.17) is 10.2 Å². The maximum absolute atomic E-state index is 11.1. The largest absolute Gasteiger partial charge is 0.480 e. The average Bonchev–Trinajstić information content (AvgIpc) is 2.62. The summed E-state index contributed by atoms with van der Waals surface area (Å²) >= 11 is 1.13. The molecular formula is C13H13NO4S. The Morgan fingerprint density at radius 3 is 2.42 bits per heavy atom. The predicted octanol–water partition coefficient (Wildman–Crippen LogP) is 1.52. The Bertz CT molecular complexity index is 515. The van der Waals surface area contributed by atoms with Crippen LogP contribution in [0.1, 0.15) is 12.0 Å². The van der Waals surface area contributed by atoms with Gasteiger partial charge in [0, 0.05) is 17.9 Å². The van der Waals surface area contributed by atoms with Crippen LogP contribution < -0.4 is 0 Å². The molecule has 6 heteroatoms. The van der Waals surface area contributed by atoms with Gasteiger partial charge in [0.15, 0.2) is 6.04 Å². The molecule has 0 aliphatic carbocycles. The van der Waals surface area contributed by atoms with Gasteiger partial charge in [0.2, 0.25) is 0 Å². The zero-order valence-electron chi connectivity index (χ0n) is 10.0. The molecule has 2 atom stereocenters. The number of aliphatic carboxylic acids is 2. The van der Waals surface area contributed by atoms with E-state index in [1.807, 2.05) is 30.3 Å². The van der Waals surface area contributed by atoms with Crippen molar-refractivity contribution in [2.45, 2.75) is 17.7 Å². The van der Waals surface area contributed by atoms with Gasteiger partial charge in [0.25, 0.3) is 0 Å². The minimum atomic E-state index is -1.02. The molecule has 0 aromatic heterocycles. The van der Waals surface area contributed by atoms with Crippen molar-refractivity contribution in [3.05, 3.63) is 35.9 Å². The van der Waals surface area contributed by atoms with Gasteiger partial charge in [0.1, 0.15) is 5.25 Å². The lowest BCUT2D eigenvalue weighted by Gasteiger charge is -2.09. The summed E-state index contributed by atoms with van der Waals surface area (Å²) in [5.74, 6) is -1.77. The van der Waals surface area contributed by atoms with E-state index in [9.17, 15) is 9.59 Å². The number of carbonyl (C=O) groups is 2. The fourth-order valence-electron chi connectivity index (χ4n) is 1.83. The first kappa shape index (κ1) is 13.6. The summed E-state index contributed by atoms with van der Waals surface area (Å²) < 4.78 is 0. The van der Waals surface area contributed by atoms with E-state index in [2.05, 4.69) is 4.99 Å². The molecule has 1 heterocycles. The highest BCUT2D eigenvalue weighted by Crippen LogP contribution is 2.24. The topological polar surface area (TPSA) is 87.0 Å². The van der Waals surface area contributed by atoms with Crippen molar-refractivity contribution in [1.29, 1.82) is 0 Å². The highest BCUT2D eigenvalue weighted by atomic mass is 32.2. The van der Waals surface area contributed by atoms with E-state index in [0.29, 0.717) is 5.71 Å². The normalized spacial score (nSPS) is 23.3. The van der Waals surface area contributed by atoms with Crippen LogP contribution in [0.25, 0.3) is 0 Å². The lowest BCUT2D eigenvalue weighted by molar-refractivity contribution is -0.138. The van der Waals surface area contributed by atoms with Crippen LogP contribution in [-0.4, -0.2) is 44.9 Å². The predicted molar refractivity (Wildman–Crippen MR) is 72.9 cm³/mol. The van der Waals surface area contributed by atoms with Crippen LogP contribution in [0.3, 0.4) is 0 Å². The van der Waals surface area contributed by atoms with Gasteiger partial charge in [-0.05, 0) is 5.56 Å². The van der Waals surface area contributed by atoms with Gasteiger partial charge in [-0.15, -0.1) is 11.8 Å². The minimum Gasteiger partial charge on any atom is -0.480 e. The Labute approximate surface area is 114 Å². The number of nitrogens with zero attached hydrogens (tertiary/aromatic N) is 1. The number of benzene rings is 1. The summed E-state index contributed by atoms with van der Waals surface area (Å²) in [6.45, 7) is 0. The Balaban J connectivity index is 2.34. The van der Waals surface area contributed by atoms with Crippen molar-refractivity contribution in [2.24, 2.45) is 4.99 Å². The molecule has 1 aliphatic heterocycles. The van der Waals surface area contributed by atoms with Crippen molar-refractivity contribution in [1.82, 2.24) is 0 Å². The molecule has 0 saturated carbocycles. The molecule has 0 saturated heterocycles. The molecule has 100 valence electrons. The number of aliphatic imine (C=N–C) groups is 1. The molecule has 2 N–H and O–H groups in total. The third kappa shape index (κ3) is 3.35. The molecule has 0 unspecified atom stereocenters. The Morgan fingerprint density at radius 2 is 1.84 bits per heavy atom. The molecule has 1 aromatic carbocycles. The average molecular weight is 279 g/mol. The van der Waals surface area contributed by atoms with E-state index in [-0.39, 0.29) is 12.2 Å². The molecule has 0 bridgehead atoms. The van der Waals surface area contributed by atoms with Gasteiger partial charge in [-0.2, -0.15) is 0 Å². The SMILES string of the molecule is O=C(O)[C@@H]1CC(c2ccccc2)=N[C@@H](C(=O)O)CS1. The van der Waals surface area contributed by atoms with Crippen LogP contribution in [0.15, 0.2) is 35.3 Å². The summed E-state index contributed by atoms with van der Waals surface area (Å²) in [5.41, 5.74) is 1.33. The molecule has 2 rings (SSSR count). The second kappa shape index (κ2) is 5.88. The number of hydrogen-bond donors (Lipinski definition) is 2. The Kier molecular flexibility index (Phi) is 4.21. The van der Waals surface area contributed by atoms with Crippen LogP contribution in [0.4, 0.5) is 0 Å². The highest BCUT2D eigenvalue weighted by molar-refractivity contribution is 8.00. The molecule has 5 nitrogen and oxygen atoms in total. The molecule has 19 heavy (non-hydrogen) atoms. The van der Waals surface area contributed by atoms with Gasteiger partial charge in [-0.25, -0.2) is 4.79 Å². The lowest BCUT2D eigenvalue weighted by Crippen LogP contribution is -2.21. The van der Waals surface area contributed by atoms with E-state index in [1.165, 1.54) is 0 Å². The van der Waals surface area contributed by atoms with Crippen molar-refractivity contribution in [2.75, 3.05) is 5.75 Å². The van der Waals surface area contributed by atoms with Crippen molar-refractivity contribution < 1.29 is 19.8 Å². The van der Waals surface area contributed by atoms with Gasteiger partial charge < -0.3 is 10.2 Å². The third-order valence-electron chi connectivity index (χ3n) is 2.81. The monoisotopic (exact) mass is 279 g/mol. The number of rotatable bonds is 3. The fourth-order valence-corrected chi connectivity index (χ4v) is 2.88. The molecule has 0 spiro atoms. The molecule has 1 aliphatic rings. The third-order valence-corrected chi connectivity index (χ3v) is 4.09. The first-order chi connectivity index (χ1) is 9.08. The summed E-state index contributed by atoms with van der Waals surface area (Å²) in [4.78, 5) is 26.4. The zero-order chi connectivity index (χ0) is 13.8. The molecule has 0 amide bonds. The number of carboxylic acids is 2. The lowest BCUT2D eigenvalue weighted by atomic mass is 10.1. The zero-order valence-corrected chi connectivity index (χ0v) is 10.8. The van der Waals surface area contributed by atoms with Crippen LogP contribution >= 0.6 is 11.8 Å². The molecular weight excluding hydrogens is 266 g/mol. The number of carboxylic acid groups (broad SMARTS) is 2. The van der Waals surface area contributed by atoms with Gasteiger partial charge in [0.05, 0.1) is 0 Å². The van der Waals surface area contributed by atoms with E-state index in [0.717, 1.165) is 17.3 Å².